The van der Waals surface area contributed by atoms with Crippen molar-refractivity contribution in [1.29, 1.82) is 0 Å². The summed E-state index contributed by atoms with van der Waals surface area (Å²) in [7, 11) is 0. The van der Waals surface area contributed by atoms with Crippen molar-refractivity contribution in [1.82, 2.24) is 19.7 Å². The van der Waals surface area contributed by atoms with E-state index >= 15 is 0 Å². The summed E-state index contributed by atoms with van der Waals surface area (Å²) in [4.78, 5) is 4.05. The van der Waals surface area contributed by atoms with Gasteiger partial charge >= 0.3 is 0 Å². The summed E-state index contributed by atoms with van der Waals surface area (Å²) in [5.74, 6) is 1.03. The molecule has 0 unspecified atom stereocenters. The maximum atomic E-state index is 5.71. The predicted octanol–water partition coefficient (Wildman–Crippen LogP) is 2.16. The molecule has 0 aromatic carbocycles. The van der Waals surface area contributed by atoms with Crippen molar-refractivity contribution in [2.24, 2.45) is 0 Å². The van der Waals surface area contributed by atoms with Crippen molar-refractivity contribution in [3.8, 4) is 5.69 Å². The zero-order chi connectivity index (χ0) is 9.97. The maximum Gasteiger partial charge on any atom is 0.152 e. The highest BCUT2D eigenvalue weighted by Crippen LogP contribution is 2.15. The minimum atomic E-state index is 0.326. The van der Waals surface area contributed by atoms with Gasteiger partial charge in [-0.3, -0.25) is 9.55 Å². The first-order chi connectivity index (χ1) is 6.81. The maximum absolute atomic E-state index is 5.71. The molecule has 0 radical (unpaired) electrons. The second-order valence-electron chi connectivity index (χ2n) is 2.61. The number of hydrogen-bond acceptors (Lipinski definition) is 3. The lowest BCUT2D eigenvalue weighted by Gasteiger charge is -2.03. The summed E-state index contributed by atoms with van der Waals surface area (Å²) >= 11 is 9.05. The Hall–Kier alpha value is -0.940. The Morgan fingerprint density at radius 2 is 2.29 bits per heavy atom. The fourth-order valence-corrected chi connectivity index (χ4v) is 1.63. The first-order valence-electron chi connectivity index (χ1n) is 3.87. The van der Waals surface area contributed by atoms with Crippen molar-refractivity contribution in [3.05, 3.63) is 35.1 Å². The summed E-state index contributed by atoms with van der Waals surface area (Å²) in [6.07, 6.45) is 5.06. The van der Waals surface area contributed by atoms with Crippen LogP contribution in [0.2, 0.25) is 0 Å². The van der Waals surface area contributed by atoms with Crippen molar-refractivity contribution >= 4 is 27.5 Å². The van der Waals surface area contributed by atoms with E-state index in [1.165, 1.54) is 0 Å². The monoisotopic (exact) mass is 272 g/mol. The van der Waals surface area contributed by atoms with Crippen LogP contribution in [0.1, 0.15) is 5.82 Å². The van der Waals surface area contributed by atoms with Gasteiger partial charge in [-0.2, -0.15) is 0 Å². The Kier molecular flexibility index (Phi) is 2.79. The average Bonchev–Trinajstić information content (AvgIpc) is 2.65. The van der Waals surface area contributed by atoms with Gasteiger partial charge < -0.3 is 0 Å². The Morgan fingerprint density at radius 3 is 3.00 bits per heavy atom. The van der Waals surface area contributed by atoms with E-state index in [4.69, 9.17) is 11.6 Å². The molecule has 0 fully saturated rings. The first-order valence-corrected chi connectivity index (χ1v) is 5.20. The summed E-state index contributed by atoms with van der Waals surface area (Å²) in [5.41, 5.74) is 0.889. The molecule has 0 aliphatic rings. The van der Waals surface area contributed by atoms with E-state index in [9.17, 15) is 0 Å². The van der Waals surface area contributed by atoms with Gasteiger partial charge in [-0.1, -0.05) is 0 Å². The lowest BCUT2D eigenvalue weighted by molar-refractivity contribution is 0.943. The van der Waals surface area contributed by atoms with Gasteiger partial charge in [0.1, 0.15) is 6.33 Å². The van der Waals surface area contributed by atoms with Crippen LogP contribution in [0.5, 0.6) is 0 Å². The van der Waals surface area contributed by atoms with Crippen molar-refractivity contribution in [3.63, 3.8) is 0 Å². The molecular formula is C8H6BrClN4. The van der Waals surface area contributed by atoms with Gasteiger partial charge in [0, 0.05) is 10.7 Å². The lowest BCUT2D eigenvalue weighted by Crippen LogP contribution is -1.98. The molecule has 14 heavy (non-hydrogen) atoms. The molecule has 0 spiro atoms. The first kappa shape index (κ1) is 9.61. The molecule has 2 rings (SSSR count). The van der Waals surface area contributed by atoms with E-state index in [1.54, 1.807) is 23.3 Å². The van der Waals surface area contributed by atoms with E-state index in [0.29, 0.717) is 11.7 Å². The Morgan fingerprint density at radius 1 is 1.43 bits per heavy atom. The van der Waals surface area contributed by atoms with Gasteiger partial charge in [0.25, 0.3) is 0 Å². The second-order valence-corrected chi connectivity index (χ2v) is 3.80. The summed E-state index contributed by atoms with van der Waals surface area (Å²) in [6, 6.07) is 1.92. The molecule has 2 heterocycles. The zero-order valence-corrected chi connectivity index (χ0v) is 9.40. The van der Waals surface area contributed by atoms with Crippen molar-refractivity contribution < 1.29 is 0 Å². The van der Waals surface area contributed by atoms with Crippen molar-refractivity contribution in [2.75, 3.05) is 0 Å². The van der Waals surface area contributed by atoms with Crippen LogP contribution >= 0.6 is 27.5 Å². The average molecular weight is 274 g/mol. The smallest absolute Gasteiger partial charge is 0.152 e. The molecule has 0 N–H and O–H groups in total. The number of nitrogens with zero attached hydrogens (tertiary/aromatic N) is 4. The summed E-state index contributed by atoms with van der Waals surface area (Å²) in [5, 5.41) is 7.66. The molecule has 4 nitrogen and oxygen atoms in total. The molecule has 0 saturated heterocycles. The molecule has 0 amide bonds. The third-order valence-electron chi connectivity index (χ3n) is 1.71. The molecule has 0 bridgehead atoms. The molecule has 0 aliphatic heterocycles. The fraction of sp³-hybridized carbons (Fsp3) is 0.125. The van der Waals surface area contributed by atoms with Crippen LogP contribution in [0.4, 0.5) is 0 Å². The van der Waals surface area contributed by atoms with Gasteiger partial charge in [0.2, 0.25) is 0 Å². The second kappa shape index (κ2) is 4.06. The van der Waals surface area contributed by atoms with Gasteiger partial charge in [-0.05, 0) is 22.0 Å². The molecule has 2 aromatic rings. The molecule has 0 aliphatic carbocycles. The highest BCUT2D eigenvalue weighted by Gasteiger charge is 2.04. The van der Waals surface area contributed by atoms with Crippen LogP contribution in [-0.4, -0.2) is 19.7 Å². The Balaban J connectivity index is 2.49. The van der Waals surface area contributed by atoms with Crippen LogP contribution in [0.15, 0.2) is 29.3 Å². The van der Waals surface area contributed by atoms with E-state index in [2.05, 4.69) is 31.1 Å². The van der Waals surface area contributed by atoms with Gasteiger partial charge in [-0.25, -0.2) is 0 Å². The zero-order valence-electron chi connectivity index (χ0n) is 7.06. The van der Waals surface area contributed by atoms with Gasteiger partial charge in [-0.15, -0.1) is 21.8 Å². The highest BCUT2D eigenvalue weighted by atomic mass is 79.9. The van der Waals surface area contributed by atoms with Crippen LogP contribution < -0.4 is 0 Å². The van der Waals surface area contributed by atoms with Gasteiger partial charge in [0.15, 0.2) is 5.82 Å². The third kappa shape index (κ3) is 1.78. The molecule has 72 valence electrons. The van der Waals surface area contributed by atoms with E-state index in [-0.39, 0.29) is 0 Å². The standard InChI is InChI=1S/C8H6BrClN4/c9-6-1-7(4-11-3-6)14-5-12-13-8(14)2-10/h1,3-5H,2H2. The fourth-order valence-electron chi connectivity index (χ4n) is 1.10. The van der Waals surface area contributed by atoms with E-state index in [0.717, 1.165) is 10.2 Å². The number of alkyl halides is 1. The van der Waals surface area contributed by atoms with Crippen LogP contribution in [0.3, 0.4) is 0 Å². The quantitative estimate of drug-likeness (QED) is 0.788. The number of halogens is 2. The summed E-state index contributed by atoms with van der Waals surface area (Å²) in [6.45, 7) is 0. The molecule has 0 saturated carbocycles. The molecule has 0 atom stereocenters. The minimum Gasteiger partial charge on any atom is -0.283 e. The number of aromatic nitrogens is 4. The predicted molar refractivity (Wildman–Crippen MR) is 56.4 cm³/mol. The van der Waals surface area contributed by atoms with Gasteiger partial charge in [0.05, 0.1) is 17.8 Å². The SMILES string of the molecule is ClCc1nncn1-c1cncc(Br)c1. The Labute approximate surface area is 94.1 Å². The van der Waals surface area contributed by atoms with E-state index < -0.39 is 0 Å². The molecule has 2 aromatic heterocycles. The number of hydrogen-bond donors (Lipinski definition) is 0. The number of rotatable bonds is 2. The van der Waals surface area contributed by atoms with E-state index in [1.807, 2.05) is 6.07 Å². The summed E-state index contributed by atoms with van der Waals surface area (Å²) < 4.78 is 2.70. The number of pyridine rings is 1. The normalized spacial score (nSPS) is 10.4. The highest BCUT2D eigenvalue weighted by molar-refractivity contribution is 9.10. The third-order valence-corrected chi connectivity index (χ3v) is 2.38. The van der Waals surface area contributed by atoms with Crippen LogP contribution in [-0.2, 0) is 5.88 Å². The Bertz CT molecular complexity index is 442. The largest absolute Gasteiger partial charge is 0.283 e. The topological polar surface area (TPSA) is 43.6 Å². The molecule has 6 heteroatoms. The van der Waals surface area contributed by atoms with Crippen molar-refractivity contribution in [2.45, 2.75) is 5.88 Å². The molecular weight excluding hydrogens is 267 g/mol. The minimum absolute atomic E-state index is 0.326. The lowest BCUT2D eigenvalue weighted by atomic mass is 10.4. The van der Waals surface area contributed by atoms with Crippen LogP contribution in [0, 0.1) is 0 Å². The van der Waals surface area contributed by atoms with Crippen LogP contribution in [0.25, 0.3) is 5.69 Å².